The molecule has 0 aliphatic heterocycles. The Morgan fingerprint density at radius 2 is 1.24 bits per heavy atom. The van der Waals surface area contributed by atoms with Crippen molar-refractivity contribution >= 4 is 75.5 Å². The van der Waals surface area contributed by atoms with Crippen molar-refractivity contribution in [3.8, 4) is 22.3 Å². The van der Waals surface area contributed by atoms with Gasteiger partial charge in [0.05, 0.1) is 0 Å². The highest BCUT2D eigenvalue weighted by molar-refractivity contribution is 7.26. The molecule has 10 rings (SSSR count). The molecule has 0 unspecified atom stereocenters. The summed E-state index contributed by atoms with van der Waals surface area (Å²) in [5.41, 5.74) is 12.3. The average Bonchev–Trinajstić information content (AvgIpc) is 3.65. The number of rotatable bonds is 4. The molecule has 0 atom stereocenters. The Hall–Kier alpha value is -5.76. The Labute approximate surface area is 296 Å². The van der Waals surface area contributed by atoms with Crippen LogP contribution in [0.4, 0.5) is 0 Å². The second kappa shape index (κ2) is 10.6. The SMILES string of the molecule is C=Cc1ccccc1C(=C)c1c2ccccc2c(-c2ccc3c(c2)-c2ccc4ccc5sc6ccccc6c5c4c2C3(C)C)c2ccccc12. The normalized spacial score (nSPS) is 13.3. The molecule has 0 radical (unpaired) electrons. The van der Waals surface area contributed by atoms with Gasteiger partial charge in [0.1, 0.15) is 0 Å². The van der Waals surface area contributed by atoms with Gasteiger partial charge in [-0.15, -0.1) is 11.3 Å². The minimum absolute atomic E-state index is 0.149. The van der Waals surface area contributed by atoms with Gasteiger partial charge in [-0.2, -0.15) is 0 Å². The third-order valence-electron chi connectivity index (χ3n) is 11.2. The van der Waals surface area contributed by atoms with Crippen molar-refractivity contribution in [3.05, 3.63) is 181 Å². The van der Waals surface area contributed by atoms with Gasteiger partial charge in [0.2, 0.25) is 0 Å². The van der Waals surface area contributed by atoms with Crippen LogP contribution in [0.25, 0.3) is 86.4 Å². The number of thiophene rings is 1. The topological polar surface area (TPSA) is 0 Å². The standard InChI is InChI=1S/C49H34S/c1-5-30-14-6-7-15-33(30)29(2)44-34-16-8-10-18-36(34)45(37-19-11-9-17-35(37)44)32-23-26-41-40(28-32)38-25-22-31-24-27-43-47(46(31)48(38)49(41,3)4)39-20-12-13-21-42(39)50-43/h5-28H,1-2H2,3-4H3. The Balaban J connectivity index is 1.25. The first-order valence-electron chi connectivity index (χ1n) is 17.3. The third kappa shape index (κ3) is 3.93. The van der Waals surface area contributed by atoms with Crippen molar-refractivity contribution in [2.75, 3.05) is 0 Å². The van der Waals surface area contributed by atoms with E-state index in [1.807, 2.05) is 17.4 Å². The molecular weight excluding hydrogens is 621 g/mol. The summed E-state index contributed by atoms with van der Waals surface area (Å²) in [5.74, 6) is 0. The number of hydrogen-bond donors (Lipinski definition) is 0. The van der Waals surface area contributed by atoms with Gasteiger partial charge >= 0.3 is 0 Å². The van der Waals surface area contributed by atoms with E-state index in [1.54, 1.807) is 0 Å². The van der Waals surface area contributed by atoms with Crippen LogP contribution < -0.4 is 0 Å². The smallest absolute Gasteiger partial charge is 0.0361 e. The lowest BCUT2D eigenvalue weighted by Gasteiger charge is -2.24. The van der Waals surface area contributed by atoms with Crippen LogP contribution in [0, 0.1) is 0 Å². The number of fused-ring (bicyclic) bond motifs is 11. The first-order chi connectivity index (χ1) is 24.5. The van der Waals surface area contributed by atoms with E-state index >= 15 is 0 Å². The number of benzene rings is 8. The van der Waals surface area contributed by atoms with Gasteiger partial charge < -0.3 is 0 Å². The lowest BCUT2D eigenvalue weighted by atomic mass is 9.79. The molecule has 50 heavy (non-hydrogen) atoms. The zero-order valence-corrected chi connectivity index (χ0v) is 29.0. The highest BCUT2D eigenvalue weighted by Crippen LogP contribution is 2.55. The van der Waals surface area contributed by atoms with Gasteiger partial charge in [-0.3, -0.25) is 0 Å². The first-order valence-corrected chi connectivity index (χ1v) is 18.1. The van der Waals surface area contributed by atoms with Crippen molar-refractivity contribution < 1.29 is 0 Å². The highest BCUT2D eigenvalue weighted by Gasteiger charge is 2.38. The van der Waals surface area contributed by atoms with E-state index in [0.717, 1.165) is 16.7 Å². The molecule has 0 saturated carbocycles. The summed E-state index contributed by atoms with van der Waals surface area (Å²) in [7, 11) is 0. The molecule has 1 aliphatic rings. The maximum atomic E-state index is 4.71. The molecule has 1 heterocycles. The van der Waals surface area contributed by atoms with E-state index in [-0.39, 0.29) is 5.41 Å². The van der Waals surface area contributed by atoms with E-state index < -0.39 is 0 Å². The molecule has 0 saturated heterocycles. The maximum absolute atomic E-state index is 4.71. The molecule has 1 heteroatoms. The molecule has 1 aromatic heterocycles. The Morgan fingerprint density at radius 1 is 0.600 bits per heavy atom. The van der Waals surface area contributed by atoms with Crippen LogP contribution in [0.1, 0.15) is 41.7 Å². The Morgan fingerprint density at radius 3 is 1.98 bits per heavy atom. The Bertz CT molecular complexity index is 2870. The predicted molar refractivity (Wildman–Crippen MR) is 220 cm³/mol. The van der Waals surface area contributed by atoms with Crippen LogP contribution >= 0.6 is 11.3 Å². The zero-order valence-electron chi connectivity index (χ0n) is 28.2. The minimum atomic E-state index is -0.149. The molecule has 0 bridgehead atoms. The molecule has 0 amide bonds. The molecule has 0 fully saturated rings. The fourth-order valence-corrected chi connectivity index (χ4v) is 10.1. The van der Waals surface area contributed by atoms with Gasteiger partial charge in [-0.05, 0) is 106 Å². The lowest BCUT2D eigenvalue weighted by Crippen LogP contribution is -2.15. The molecule has 8 aromatic carbocycles. The van der Waals surface area contributed by atoms with E-state index in [9.17, 15) is 0 Å². The fraction of sp³-hybridized carbons (Fsp3) is 0.0612. The van der Waals surface area contributed by atoms with Crippen LogP contribution in [0.15, 0.2) is 153 Å². The summed E-state index contributed by atoms with van der Waals surface area (Å²) in [4.78, 5) is 0. The van der Waals surface area contributed by atoms with Gasteiger partial charge in [0.25, 0.3) is 0 Å². The quantitative estimate of drug-likeness (QED) is 0.166. The zero-order chi connectivity index (χ0) is 33.7. The second-order valence-electron chi connectivity index (χ2n) is 14.1. The van der Waals surface area contributed by atoms with Gasteiger partial charge in [-0.1, -0.05) is 154 Å². The van der Waals surface area contributed by atoms with Gasteiger partial charge in [0.15, 0.2) is 0 Å². The van der Waals surface area contributed by atoms with Crippen molar-refractivity contribution in [1.29, 1.82) is 0 Å². The predicted octanol–water partition coefficient (Wildman–Crippen LogP) is 14.2. The lowest BCUT2D eigenvalue weighted by molar-refractivity contribution is 0.667. The van der Waals surface area contributed by atoms with Crippen LogP contribution in [-0.4, -0.2) is 0 Å². The van der Waals surface area contributed by atoms with Crippen LogP contribution in [0.2, 0.25) is 0 Å². The van der Waals surface area contributed by atoms with Crippen LogP contribution in [0.3, 0.4) is 0 Å². The summed E-state index contributed by atoms with van der Waals surface area (Å²) in [6.45, 7) is 13.6. The average molecular weight is 655 g/mol. The number of hydrogen-bond acceptors (Lipinski definition) is 1. The van der Waals surface area contributed by atoms with Crippen molar-refractivity contribution in [1.82, 2.24) is 0 Å². The second-order valence-corrected chi connectivity index (χ2v) is 15.2. The van der Waals surface area contributed by atoms with E-state index in [4.69, 9.17) is 6.58 Å². The van der Waals surface area contributed by atoms with Crippen LogP contribution in [-0.2, 0) is 5.41 Å². The molecule has 0 nitrogen and oxygen atoms in total. The van der Waals surface area contributed by atoms with E-state index in [0.29, 0.717) is 0 Å². The summed E-state index contributed by atoms with van der Waals surface area (Å²) in [6.07, 6.45) is 1.93. The monoisotopic (exact) mass is 654 g/mol. The highest BCUT2D eigenvalue weighted by atomic mass is 32.1. The summed E-state index contributed by atoms with van der Waals surface area (Å²) >= 11 is 1.90. The molecule has 0 N–H and O–H groups in total. The first kappa shape index (κ1) is 29.2. The van der Waals surface area contributed by atoms with Crippen molar-refractivity contribution in [2.45, 2.75) is 19.3 Å². The molecular formula is C49H34S. The Kier molecular flexibility index (Phi) is 6.20. The van der Waals surface area contributed by atoms with Crippen molar-refractivity contribution in [2.24, 2.45) is 0 Å². The van der Waals surface area contributed by atoms with E-state index in [2.05, 4.69) is 160 Å². The molecule has 0 spiro atoms. The van der Waals surface area contributed by atoms with Crippen LogP contribution in [0.5, 0.6) is 0 Å². The molecule has 236 valence electrons. The van der Waals surface area contributed by atoms with Gasteiger partial charge in [0, 0.05) is 25.6 Å². The summed E-state index contributed by atoms with van der Waals surface area (Å²) in [5, 5.41) is 10.4. The molecule has 9 aromatic rings. The third-order valence-corrected chi connectivity index (χ3v) is 12.3. The van der Waals surface area contributed by atoms with E-state index in [1.165, 1.54) is 91.4 Å². The minimum Gasteiger partial charge on any atom is -0.135 e. The largest absolute Gasteiger partial charge is 0.135 e. The summed E-state index contributed by atoms with van der Waals surface area (Å²) in [6, 6.07) is 51.6. The summed E-state index contributed by atoms with van der Waals surface area (Å²) < 4.78 is 2.70. The van der Waals surface area contributed by atoms with Gasteiger partial charge in [-0.25, -0.2) is 0 Å². The maximum Gasteiger partial charge on any atom is 0.0361 e. The molecule has 1 aliphatic carbocycles. The fourth-order valence-electron chi connectivity index (χ4n) is 8.96. The van der Waals surface area contributed by atoms with Crippen molar-refractivity contribution in [3.63, 3.8) is 0 Å².